The van der Waals surface area contributed by atoms with Gasteiger partial charge in [0.1, 0.15) is 10.6 Å². The minimum Gasteiger partial charge on any atom is -0.340 e. The quantitative estimate of drug-likeness (QED) is 0.822. The van der Waals surface area contributed by atoms with Gasteiger partial charge in [0, 0.05) is 24.3 Å². The molecule has 0 spiro atoms. The number of halogens is 2. The summed E-state index contributed by atoms with van der Waals surface area (Å²) in [5, 5.41) is 0. The van der Waals surface area contributed by atoms with Crippen LogP contribution in [0.2, 0.25) is 0 Å². The van der Waals surface area contributed by atoms with Crippen molar-refractivity contribution in [2.45, 2.75) is 25.1 Å². The number of sulfone groups is 1. The SMILES string of the molecule is CN(Cc1ccc(F)cc1Br)C(=O)C(C)(C)S(C)(=O)=O. The van der Waals surface area contributed by atoms with Crippen molar-refractivity contribution in [2.75, 3.05) is 13.3 Å². The average Bonchev–Trinajstić information content (AvgIpc) is 2.30. The minimum atomic E-state index is -3.52. The van der Waals surface area contributed by atoms with E-state index in [1.165, 1.54) is 37.9 Å². The van der Waals surface area contributed by atoms with Crippen molar-refractivity contribution in [1.82, 2.24) is 4.90 Å². The number of hydrogen-bond donors (Lipinski definition) is 0. The van der Waals surface area contributed by atoms with Crippen molar-refractivity contribution < 1.29 is 17.6 Å². The maximum Gasteiger partial charge on any atom is 0.243 e. The molecule has 0 atom stereocenters. The summed E-state index contributed by atoms with van der Waals surface area (Å²) in [6, 6.07) is 4.14. The molecule has 112 valence electrons. The van der Waals surface area contributed by atoms with E-state index in [0.717, 1.165) is 6.26 Å². The molecule has 0 fully saturated rings. The van der Waals surface area contributed by atoms with Crippen molar-refractivity contribution in [3.05, 3.63) is 34.1 Å². The maximum atomic E-state index is 13.0. The summed E-state index contributed by atoms with van der Waals surface area (Å²) in [5.41, 5.74) is 0.701. The number of nitrogens with zero attached hydrogens (tertiary/aromatic N) is 1. The van der Waals surface area contributed by atoms with E-state index in [4.69, 9.17) is 0 Å². The van der Waals surface area contributed by atoms with Crippen LogP contribution in [0.5, 0.6) is 0 Å². The highest BCUT2D eigenvalue weighted by Gasteiger charge is 2.40. The average molecular weight is 366 g/mol. The second kappa shape index (κ2) is 5.81. The summed E-state index contributed by atoms with van der Waals surface area (Å²) in [6.07, 6.45) is 1.03. The predicted octanol–water partition coefficient (Wildman–Crippen LogP) is 2.37. The van der Waals surface area contributed by atoms with Crippen molar-refractivity contribution in [1.29, 1.82) is 0 Å². The molecule has 0 bridgehead atoms. The predicted molar refractivity (Wildman–Crippen MR) is 79.5 cm³/mol. The molecule has 0 aromatic heterocycles. The van der Waals surface area contributed by atoms with E-state index in [1.807, 2.05) is 0 Å². The highest BCUT2D eigenvalue weighted by Crippen LogP contribution is 2.22. The molecule has 0 aliphatic heterocycles. The summed E-state index contributed by atoms with van der Waals surface area (Å²) in [4.78, 5) is 13.6. The fraction of sp³-hybridized carbons (Fsp3) is 0.462. The summed E-state index contributed by atoms with van der Waals surface area (Å²) < 4.78 is 35.4. The Hall–Kier alpha value is -0.950. The lowest BCUT2D eigenvalue weighted by molar-refractivity contribution is -0.132. The normalized spacial score (nSPS) is 12.3. The van der Waals surface area contributed by atoms with Gasteiger partial charge in [-0.25, -0.2) is 12.8 Å². The van der Waals surface area contributed by atoms with Gasteiger partial charge >= 0.3 is 0 Å². The Morgan fingerprint density at radius 1 is 1.40 bits per heavy atom. The minimum absolute atomic E-state index is 0.193. The van der Waals surface area contributed by atoms with E-state index in [-0.39, 0.29) is 12.4 Å². The van der Waals surface area contributed by atoms with Crippen molar-refractivity contribution >= 4 is 31.7 Å². The molecule has 0 heterocycles. The van der Waals surface area contributed by atoms with E-state index < -0.39 is 20.5 Å². The molecule has 0 aliphatic rings. The maximum absolute atomic E-state index is 13.0. The van der Waals surface area contributed by atoms with E-state index >= 15 is 0 Å². The molecule has 0 saturated carbocycles. The largest absolute Gasteiger partial charge is 0.340 e. The zero-order valence-electron chi connectivity index (χ0n) is 11.8. The highest BCUT2D eigenvalue weighted by atomic mass is 79.9. The van der Waals surface area contributed by atoms with Gasteiger partial charge in [0.25, 0.3) is 0 Å². The first-order valence-electron chi connectivity index (χ1n) is 5.86. The van der Waals surface area contributed by atoms with E-state index in [2.05, 4.69) is 15.9 Å². The second-order valence-corrected chi connectivity index (χ2v) is 8.60. The van der Waals surface area contributed by atoms with Crippen LogP contribution >= 0.6 is 15.9 Å². The lowest BCUT2D eigenvalue weighted by Crippen LogP contribution is -2.48. The third kappa shape index (κ3) is 3.58. The topological polar surface area (TPSA) is 54.5 Å². The second-order valence-electron chi connectivity index (χ2n) is 5.18. The molecule has 0 unspecified atom stereocenters. The first-order valence-corrected chi connectivity index (χ1v) is 8.54. The van der Waals surface area contributed by atoms with Crippen LogP contribution in [-0.2, 0) is 21.2 Å². The fourth-order valence-electron chi connectivity index (χ4n) is 1.60. The first kappa shape index (κ1) is 17.1. The Morgan fingerprint density at radius 3 is 2.40 bits per heavy atom. The van der Waals surface area contributed by atoms with E-state index in [9.17, 15) is 17.6 Å². The van der Waals surface area contributed by atoms with Crippen LogP contribution in [0.15, 0.2) is 22.7 Å². The molecule has 1 rings (SSSR count). The van der Waals surface area contributed by atoms with Crippen LogP contribution in [0.1, 0.15) is 19.4 Å². The van der Waals surface area contributed by atoms with E-state index in [1.54, 1.807) is 6.07 Å². The lowest BCUT2D eigenvalue weighted by Gasteiger charge is -2.28. The van der Waals surface area contributed by atoms with Crippen LogP contribution in [-0.4, -0.2) is 37.3 Å². The molecular weight excluding hydrogens is 349 g/mol. The number of carbonyl (C=O) groups is 1. The zero-order chi connectivity index (χ0) is 15.7. The molecule has 4 nitrogen and oxygen atoms in total. The fourth-order valence-corrected chi connectivity index (χ4v) is 2.54. The van der Waals surface area contributed by atoms with E-state index in [0.29, 0.717) is 10.0 Å². The van der Waals surface area contributed by atoms with Gasteiger partial charge in [0.05, 0.1) is 0 Å². The first-order chi connectivity index (χ1) is 8.96. The lowest BCUT2D eigenvalue weighted by atomic mass is 10.1. The smallest absolute Gasteiger partial charge is 0.243 e. The summed E-state index contributed by atoms with van der Waals surface area (Å²) in [7, 11) is -2.00. The Morgan fingerprint density at radius 2 is 1.95 bits per heavy atom. The molecule has 7 heteroatoms. The molecule has 0 saturated heterocycles. The number of hydrogen-bond acceptors (Lipinski definition) is 3. The van der Waals surface area contributed by atoms with Gasteiger partial charge in [-0.1, -0.05) is 22.0 Å². The highest BCUT2D eigenvalue weighted by molar-refractivity contribution is 9.10. The number of benzene rings is 1. The van der Waals surface area contributed by atoms with Gasteiger partial charge in [-0.05, 0) is 31.5 Å². The molecule has 0 aliphatic carbocycles. The van der Waals surface area contributed by atoms with Gasteiger partial charge < -0.3 is 4.90 Å². The Bertz CT molecular complexity index is 629. The van der Waals surface area contributed by atoms with Crippen LogP contribution in [0.3, 0.4) is 0 Å². The van der Waals surface area contributed by atoms with Gasteiger partial charge in [-0.3, -0.25) is 4.79 Å². The van der Waals surface area contributed by atoms with Crippen molar-refractivity contribution in [3.8, 4) is 0 Å². The summed E-state index contributed by atoms with van der Waals surface area (Å²) >= 11 is 3.22. The van der Waals surface area contributed by atoms with Crippen LogP contribution in [0.25, 0.3) is 0 Å². The molecule has 1 aromatic rings. The Labute approximate surface area is 127 Å². The monoisotopic (exact) mass is 365 g/mol. The van der Waals surface area contributed by atoms with Gasteiger partial charge in [-0.15, -0.1) is 0 Å². The van der Waals surface area contributed by atoms with Crippen LogP contribution < -0.4 is 0 Å². The van der Waals surface area contributed by atoms with Crippen molar-refractivity contribution in [2.24, 2.45) is 0 Å². The summed E-state index contributed by atoms with van der Waals surface area (Å²) in [6.45, 7) is 2.94. The third-order valence-electron chi connectivity index (χ3n) is 3.21. The number of amides is 1. The standard InChI is InChI=1S/C13H17BrFNO3S/c1-13(2,20(4,18)19)12(17)16(3)8-9-5-6-10(15)7-11(9)14/h5-7H,8H2,1-4H3. The third-order valence-corrected chi connectivity index (χ3v) is 5.98. The van der Waals surface area contributed by atoms with Crippen LogP contribution in [0, 0.1) is 5.82 Å². The molecule has 0 N–H and O–H groups in total. The molecule has 0 radical (unpaired) electrons. The number of carbonyl (C=O) groups excluding carboxylic acids is 1. The molecule has 1 aromatic carbocycles. The zero-order valence-corrected chi connectivity index (χ0v) is 14.2. The van der Waals surface area contributed by atoms with Gasteiger partial charge in [0.15, 0.2) is 9.84 Å². The number of rotatable bonds is 4. The Kier molecular flexibility index (Phi) is 4.97. The van der Waals surface area contributed by atoms with Crippen LogP contribution in [0.4, 0.5) is 4.39 Å². The molecule has 20 heavy (non-hydrogen) atoms. The van der Waals surface area contributed by atoms with Gasteiger partial charge in [-0.2, -0.15) is 0 Å². The summed E-state index contributed by atoms with van der Waals surface area (Å²) in [5.74, 6) is -0.887. The van der Waals surface area contributed by atoms with Crippen molar-refractivity contribution in [3.63, 3.8) is 0 Å². The molecular formula is C13H17BrFNO3S. The Balaban J connectivity index is 2.97. The van der Waals surface area contributed by atoms with Gasteiger partial charge in [0.2, 0.25) is 5.91 Å². The molecule has 1 amide bonds.